The van der Waals surface area contributed by atoms with Gasteiger partial charge >= 0.3 is 0 Å². The van der Waals surface area contributed by atoms with Crippen LogP contribution in [0.15, 0.2) is 0 Å². The van der Waals surface area contributed by atoms with Gasteiger partial charge in [-0.25, -0.2) is 0 Å². The molecule has 0 aromatic heterocycles. The molecular formula is C15H28O. The van der Waals surface area contributed by atoms with Crippen LogP contribution in [0.4, 0.5) is 0 Å². The first-order chi connectivity index (χ1) is 7.56. The lowest BCUT2D eigenvalue weighted by Gasteiger charge is -2.36. The molecule has 0 N–H and O–H groups in total. The Bertz CT molecular complexity index is 219. The number of carbonyl (C=O) groups is 1. The molecule has 0 saturated heterocycles. The van der Waals surface area contributed by atoms with Crippen LogP contribution in [0.3, 0.4) is 0 Å². The minimum absolute atomic E-state index is 0.371. The Kier molecular flexibility index (Phi) is 5.51. The zero-order valence-electron chi connectivity index (χ0n) is 11.5. The van der Waals surface area contributed by atoms with Gasteiger partial charge in [-0.2, -0.15) is 0 Å². The maximum atomic E-state index is 12.2. The first-order valence-electron chi connectivity index (χ1n) is 7.09. The van der Waals surface area contributed by atoms with Gasteiger partial charge in [-0.05, 0) is 37.0 Å². The van der Waals surface area contributed by atoms with E-state index in [1.165, 1.54) is 12.8 Å². The van der Waals surface area contributed by atoms with Gasteiger partial charge in [0.2, 0.25) is 0 Å². The highest BCUT2D eigenvalue weighted by Gasteiger charge is 2.34. The number of Topliss-reactive ketones (excluding diaryl/α,β-unsaturated/α-hetero) is 1. The molecule has 3 atom stereocenters. The zero-order chi connectivity index (χ0) is 12.1. The second-order valence-corrected chi connectivity index (χ2v) is 6.00. The summed E-state index contributed by atoms with van der Waals surface area (Å²) in [5.74, 6) is 3.00. The van der Waals surface area contributed by atoms with E-state index in [-0.39, 0.29) is 0 Å². The molecule has 0 unspecified atom stereocenters. The summed E-state index contributed by atoms with van der Waals surface area (Å²) < 4.78 is 0. The Morgan fingerprint density at radius 3 is 2.56 bits per heavy atom. The third-order valence-electron chi connectivity index (χ3n) is 4.21. The van der Waals surface area contributed by atoms with Gasteiger partial charge in [0.15, 0.2) is 0 Å². The molecule has 0 aromatic carbocycles. The van der Waals surface area contributed by atoms with Gasteiger partial charge in [0, 0.05) is 12.3 Å². The molecule has 1 rings (SSSR count). The van der Waals surface area contributed by atoms with E-state index in [1.807, 2.05) is 0 Å². The van der Waals surface area contributed by atoms with E-state index in [0.29, 0.717) is 23.5 Å². The number of hydrogen-bond donors (Lipinski definition) is 0. The van der Waals surface area contributed by atoms with E-state index in [4.69, 9.17) is 0 Å². The maximum Gasteiger partial charge on any atom is 0.136 e. The molecule has 1 fully saturated rings. The Morgan fingerprint density at radius 2 is 2.00 bits per heavy atom. The normalized spacial score (nSPS) is 30.7. The van der Waals surface area contributed by atoms with E-state index in [1.54, 1.807) is 0 Å². The molecule has 0 aliphatic heterocycles. The third kappa shape index (κ3) is 3.61. The van der Waals surface area contributed by atoms with Gasteiger partial charge in [-0.15, -0.1) is 0 Å². The number of unbranched alkanes of at least 4 members (excludes halogenated alkanes) is 1. The lowest BCUT2D eigenvalue weighted by Crippen LogP contribution is -2.33. The number of rotatable bonds is 5. The van der Waals surface area contributed by atoms with E-state index in [0.717, 1.165) is 31.6 Å². The maximum absolute atomic E-state index is 12.2. The molecule has 94 valence electrons. The Balaban J connectivity index is 2.59. The minimum Gasteiger partial charge on any atom is -0.299 e. The highest BCUT2D eigenvalue weighted by molar-refractivity contribution is 5.81. The second-order valence-electron chi connectivity index (χ2n) is 6.00. The van der Waals surface area contributed by atoms with E-state index >= 15 is 0 Å². The average molecular weight is 224 g/mol. The molecule has 1 nitrogen and oxygen atoms in total. The molecule has 0 amide bonds. The predicted octanol–water partition coefficient (Wildman–Crippen LogP) is 4.45. The van der Waals surface area contributed by atoms with Crippen LogP contribution in [-0.2, 0) is 4.79 Å². The average Bonchev–Trinajstić information content (AvgIpc) is 2.25. The van der Waals surface area contributed by atoms with Crippen molar-refractivity contribution >= 4 is 5.78 Å². The topological polar surface area (TPSA) is 17.1 Å². The van der Waals surface area contributed by atoms with Gasteiger partial charge in [0.25, 0.3) is 0 Å². The highest BCUT2D eigenvalue weighted by Crippen LogP contribution is 2.39. The van der Waals surface area contributed by atoms with Crippen molar-refractivity contribution in [3.05, 3.63) is 0 Å². The van der Waals surface area contributed by atoms with Crippen LogP contribution in [0.2, 0.25) is 0 Å². The van der Waals surface area contributed by atoms with Crippen LogP contribution in [0.5, 0.6) is 0 Å². The Morgan fingerprint density at radius 1 is 1.31 bits per heavy atom. The Labute approximate surface area is 101 Å². The largest absolute Gasteiger partial charge is 0.299 e. The highest BCUT2D eigenvalue weighted by atomic mass is 16.1. The third-order valence-corrected chi connectivity index (χ3v) is 4.21. The summed E-state index contributed by atoms with van der Waals surface area (Å²) in [5.41, 5.74) is 0. The van der Waals surface area contributed by atoms with Gasteiger partial charge in [-0.3, -0.25) is 4.79 Å². The first-order valence-corrected chi connectivity index (χ1v) is 7.09. The SMILES string of the molecule is CCCCC(=O)[C@@H]1C[C@H](C)CC[C@H]1C(C)C. The number of carbonyl (C=O) groups excluding carboxylic acids is 1. The first kappa shape index (κ1) is 13.7. The van der Waals surface area contributed by atoms with Crippen molar-refractivity contribution in [2.24, 2.45) is 23.7 Å². The molecule has 0 aromatic rings. The van der Waals surface area contributed by atoms with Gasteiger partial charge in [-0.1, -0.05) is 40.5 Å². The summed E-state index contributed by atoms with van der Waals surface area (Å²) in [5, 5.41) is 0. The van der Waals surface area contributed by atoms with Crippen LogP contribution in [0, 0.1) is 23.7 Å². The fourth-order valence-electron chi connectivity index (χ4n) is 3.11. The molecule has 0 spiro atoms. The predicted molar refractivity (Wildman–Crippen MR) is 69.4 cm³/mol. The smallest absolute Gasteiger partial charge is 0.136 e. The number of hydrogen-bond acceptors (Lipinski definition) is 1. The summed E-state index contributed by atoms with van der Waals surface area (Å²) in [6, 6.07) is 0. The fourth-order valence-corrected chi connectivity index (χ4v) is 3.11. The van der Waals surface area contributed by atoms with Crippen molar-refractivity contribution in [1.82, 2.24) is 0 Å². The van der Waals surface area contributed by atoms with Crippen molar-refractivity contribution < 1.29 is 4.79 Å². The fraction of sp³-hybridized carbons (Fsp3) is 0.933. The molecule has 1 aliphatic carbocycles. The second kappa shape index (κ2) is 6.42. The van der Waals surface area contributed by atoms with Crippen LogP contribution in [0.25, 0.3) is 0 Å². The summed E-state index contributed by atoms with van der Waals surface area (Å²) in [7, 11) is 0. The van der Waals surface area contributed by atoms with Gasteiger partial charge in [0.05, 0.1) is 0 Å². The zero-order valence-corrected chi connectivity index (χ0v) is 11.5. The quantitative estimate of drug-likeness (QED) is 0.674. The molecule has 1 saturated carbocycles. The van der Waals surface area contributed by atoms with Crippen LogP contribution >= 0.6 is 0 Å². The van der Waals surface area contributed by atoms with Crippen LogP contribution in [-0.4, -0.2) is 5.78 Å². The minimum atomic E-state index is 0.371. The standard InChI is InChI=1S/C15H28O/c1-5-6-7-15(16)14-10-12(4)8-9-13(14)11(2)3/h11-14H,5-10H2,1-4H3/t12-,13+,14-/m1/s1. The van der Waals surface area contributed by atoms with Gasteiger partial charge in [0.1, 0.15) is 5.78 Å². The van der Waals surface area contributed by atoms with Crippen molar-refractivity contribution in [2.75, 3.05) is 0 Å². The van der Waals surface area contributed by atoms with Crippen molar-refractivity contribution in [1.29, 1.82) is 0 Å². The molecule has 0 heterocycles. The molecule has 0 radical (unpaired) electrons. The van der Waals surface area contributed by atoms with Crippen molar-refractivity contribution in [3.8, 4) is 0 Å². The lowest BCUT2D eigenvalue weighted by atomic mass is 9.68. The summed E-state index contributed by atoms with van der Waals surface area (Å²) in [6.07, 6.45) is 6.76. The van der Waals surface area contributed by atoms with Crippen molar-refractivity contribution in [3.63, 3.8) is 0 Å². The molecule has 1 heteroatoms. The van der Waals surface area contributed by atoms with Gasteiger partial charge < -0.3 is 0 Å². The molecule has 0 bridgehead atoms. The van der Waals surface area contributed by atoms with E-state index < -0.39 is 0 Å². The van der Waals surface area contributed by atoms with Crippen LogP contribution < -0.4 is 0 Å². The summed E-state index contributed by atoms with van der Waals surface area (Å²) in [6.45, 7) is 9.02. The van der Waals surface area contributed by atoms with Crippen molar-refractivity contribution in [2.45, 2.75) is 66.2 Å². The number of ketones is 1. The van der Waals surface area contributed by atoms with E-state index in [2.05, 4.69) is 27.7 Å². The molecule has 16 heavy (non-hydrogen) atoms. The molecule has 1 aliphatic rings. The Hall–Kier alpha value is -0.330. The van der Waals surface area contributed by atoms with E-state index in [9.17, 15) is 4.79 Å². The molecular weight excluding hydrogens is 196 g/mol. The monoisotopic (exact) mass is 224 g/mol. The summed E-state index contributed by atoms with van der Waals surface area (Å²) >= 11 is 0. The van der Waals surface area contributed by atoms with Crippen LogP contribution in [0.1, 0.15) is 66.2 Å². The summed E-state index contributed by atoms with van der Waals surface area (Å²) in [4.78, 5) is 12.2. The lowest BCUT2D eigenvalue weighted by molar-refractivity contribution is -0.127.